The maximum absolute atomic E-state index is 12.6. The summed E-state index contributed by atoms with van der Waals surface area (Å²) < 4.78 is 10.7. The number of hydrogen-bond donors (Lipinski definition) is 0. The molecule has 0 unspecified atom stereocenters. The van der Waals surface area contributed by atoms with Gasteiger partial charge in [-0.1, -0.05) is 6.07 Å². The van der Waals surface area contributed by atoms with Gasteiger partial charge in [-0.2, -0.15) is 0 Å². The summed E-state index contributed by atoms with van der Waals surface area (Å²) in [5.41, 5.74) is 1.05. The zero-order chi connectivity index (χ0) is 16.1. The van der Waals surface area contributed by atoms with Gasteiger partial charge in [0.1, 0.15) is 0 Å². The Morgan fingerprint density at radius 2 is 2.17 bits per heavy atom. The third-order valence-corrected chi connectivity index (χ3v) is 4.70. The van der Waals surface area contributed by atoms with Crippen LogP contribution in [0.2, 0.25) is 0 Å². The van der Waals surface area contributed by atoms with Crippen molar-refractivity contribution in [3.05, 3.63) is 30.1 Å². The molecule has 0 spiro atoms. The first-order chi connectivity index (χ1) is 11.3. The van der Waals surface area contributed by atoms with Crippen LogP contribution in [0.15, 0.2) is 24.4 Å². The summed E-state index contributed by atoms with van der Waals surface area (Å²) in [5, 5.41) is 0. The molecule has 0 bridgehead atoms. The molecular formula is C17H25N3O3. The van der Waals surface area contributed by atoms with Gasteiger partial charge in [-0.25, -0.2) is 0 Å². The first-order valence-electron chi connectivity index (χ1n) is 8.25. The third-order valence-electron chi connectivity index (χ3n) is 4.70. The smallest absolute Gasteiger partial charge is 0.236 e. The summed E-state index contributed by atoms with van der Waals surface area (Å²) in [6.07, 6.45) is 1.82. The number of amides is 1. The molecular weight excluding hydrogens is 294 g/mol. The van der Waals surface area contributed by atoms with Crippen LogP contribution < -0.4 is 0 Å². The van der Waals surface area contributed by atoms with Gasteiger partial charge in [0.05, 0.1) is 26.4 Å². The van der Waals surface area contributed by atoms with Crippen molar-refractivity contribution in [1.82, 2.24) is 14.8 Å². The first kappa shape index (κ1) is 16.4. The molecule has 0 aliphatic carbocycles. The maximum Gasteiger partial charge on any atom is 0.236 e. The molecule has 2 fully saturated rings. The number of likely N-dealkylation sites (tertiary alicyclic amines) is 1. The van der Waals surface area contributed by atoms with Crippen molar-refractivity contribution in [3.8, 4) is 0 Å². The van der Waals surface area contributed by atoms with E-state index in [9.17, 15) is 4.79 Å². The molecule has 1 aromatic heterocycles. The van der Waals surface area contributed by atoms with Crippen LogP contribution in [0.1, 0.15) is 11.6 Å². The fourth-order valence-corrected chi connectivity index (χ4v) is 3.44. The molecule has 0 saturated carbocycles. The number of methoxy groups -OCH3 is 1. The van der Waals surface area contributed by atoms with Crippen LogP contribution in [-0.4, -0.2) is 80.3 Å². The number of pyridine rings is 1. The van der Waals surface area contributed by atoms with Crippen LogP contribution >= 0.6 is 0 Å². The van der Waals surface area contributed by atoms with E-state index >= 15 is 0 Å². The molecule has 1 amide bonds. The topological polar surface area (TPSA) is 54.9 Å². The van der Waals surface area contributed by atoms with Crippen molar-refractivity contribution in [2.45, 2.75) is 5.92 Å². The lowest BCUT2D eigenvalue weighted by atomic mass is 9.93. The Morgan fingerprint density at radius 3 is 2.87 bits per heavy atom. The van der Waals surface area contributed by atoms with Gasteiger partial charge in [0, 0.05) is 57.0 Å². The zero-order valence-electron chi connectivity index (χ0n) is 13.7. The van der Waals surface area contributed by atoms with E-state index in [1.165, 1.54) is 0 Å². The fourth-order valence-electron chi connectivity index (χ4n) is 3.44. The fraction of sp³-hybridized carbons (Fsp3) is 0.647. The SMILES string of the molecule is COC[C@@H]1CN(C(=O)CN2CCOCC2)C[C@H]1c1ccccn1. The molecule has 2 atom stereocenters. The predicted octanol–water partition coefficient (Wildman–Crippen LogP) is 0.602. The van der Waals surface area contributed by atoms with E-state index in [-0.39, 0.29) is 11.8 Å². The Morgan fingerprint density at radius 1 is 1.35 bits per heavy atom. The van der Waals surface area contributed by atoms with Crippen LogP contribution in [0.25, 0.3) is 0 Å². The van der Waals surface area contributed by atoms with Crippen molar-refractivity contribution in [2.24, 2.45) is 5.92 Å². The number of morpholine rings is 1. The number of rotatable bonds is 5. The number of carbonyl (C=O) groups excluding carboxylic acids is 1. The molecule has 0 radical (unpaired) electrons. The van der Waals surface area contributed by atoms with Gasteiger partial charge in [-0.3, -0.25) is 14.7 Å². The summed E-state index contributed by atoms with van der Waals surface area (Å²) in [6.45, 7) is 5.73. The lowest BCUT2D eigenvalue weighted by Gasteiger charge is -2.28. The number of hydrogen-bond acceptors (Lipinski definition) is 5. The number of aromatic nitrogens is 1. The van der Waals surface area contributed by atoms with Gasteiger partial charge in [-0.05, 0) is 12.1 Å². The van der Waals surface area contributed by atoms with Gasteiger partial charge >= 0.3 is 0 Å². The number of carbonyl (C=O) groups is 1. The zero-order valence-corrected chi connectivity index (χ0v) is 13.7. The average Bonchev–Trinajstić information content (AvgIpc) is 3.01. The van der Waals surface area contributed by atoms with Crippen LogP contribution in [0.5, 0.6) is 0 Å². The third kappa shape index (κ3) is 4.07. The van der Waals surface area contributed by atoms with E-state index in [1.54, 1.807) is 7.11 Å². The summed E-state index contributed by atoms with van der Waals surface area (Å²) in [7, 11) is 1.72. The Hall–Kier alpha value is -1.50. The van der Waals surface area contributed by atoms with Gasteiger partial charge in [0.25, 0.3) is 0 Å². The van der Waals surface area contributed by atoms with E-state index in [4.69, 9.17) is 9.47 Å². The van der Waals surface area contributed by atoms with Crippen molar-refractivity contribution in [1.29, 1.82) is 0 Å². The largest absolute Gasteiger partial charge is 0.384 e. The molecule has 3 rings (SSSR count). The van der Waals surface area contributed by atoms with E-state index < -0.39 is 0 Å². The summed E-state index contributed by atoms with van der Waals surface area (Å²) in [4.78, 5) is 21.2. The summed E-state index contributed by atoms with van der Waals surface area (Å²) >= 11 is 0. The molecule has 0 aromatic carbocycles. The molecule has 3 heterocycles. The monoisotopic (exact) mass is 319 g/mol. The second kappa shape index (κ2) is 7.86. The summed E-state index contributed by atoms with van der Waals surface area (Å²) in [6, 6.07) is 5.97. The second-order valence-corrected chi connectivity index (χ2v) is 6.26. The highest BCUT2D eigenvalue weighted by molar-refractivity contribution is 5.78. The van der Waals surface area contributed by atoms with Gasteiger partial charge < -0.3 is 14.4 Å². The molecule has 2 saturated heterocycles. The van der Waals surface area contributed by atoms with Crippen molar-refractivity contribution in [2.75, 3.05) is 59.7 Å². The minimum atomic E-state index is 0.200. The molecule has 6 nitrogen and oxygen atoms in total. The van der Waals surface area contributed by atoms with Crippen LogP contribution in [0.3, 0.4) is 0 Å². The summed E-state index contributed by atoms with van der Waals surface area (Å²) in [5.74, 6) is 0.764. The number of nitrogens with zero attached hydrogens (tertiary/aromatic N) is 3. The molecule has 6 heteroatoms. The molecule has 2 aliphatic heterocycles. The molecule has 126 valence electrons. The first-order valence-corrected chi connectivity index (χ1v) is 8.25. The van der Waals surface area contributed by atoms with Gasteiger partial charge in [0.15, 0.2) is 0 Å². The molecule has 1 aromatic rings. The Bertz CT molecular complexity index is 505. The van der Waals surface area contributed by atoms with E-state index in [0.717, 1.165) is 45.1 Å². The van der Waals surface area contributed by atoms with E-state index in [0.29, 0.717) is 19.1 Å². The van der Waals surface area contributed by atoms with Crippen LogP contribution in [-0.2, 0) is 14.3 Å². The highest BCUT2D eigenvalue weighted by atomic mass is 16.5. The molecule has 0 N–H and O–H groups in total. The minimum absolute atomic E-state index is 0.200. The van der Waals surface area contributed by atoms with Crippen LogP contribution in [0, 0.1) is 5.92 Å². The van der Waals surface area contributed by atoms with Crippen LogP contribution in [0.4, 0.5) is 0 Å². The Labute approximate surface area is 137 Å². The highest BCUT2D eigenvalue weighted by Crippen LogP contribution is 2.31. The van der Waals surface area contributed by atoms with Crippen molar-refractivity contribution >= 4 is 5.91 Å². The van der Waals surface area contributed by atoms with Crippen molar-refractivity contribution in [3.63, 3.8) is 0 Å². The van der Waals surface area contributed by atoms with Gasteiger partial charge in [0.2, 0.25) is 5.91 Å². The Balaban J connectivity index is 1.63. The lowest BCUT2D eigenvalue weighted by Crippen LogP contribution is -2.44. The van der Waals surface area contributed by atoms with Gasteiger partial charge in [-0.15, -0.1) is 0 Å². The maximum atomic E-state index is 12.6. The second-order valence-electron chi connectivity index (χ2n) is 6.26. The molecule has 23 heavy (non-hydrogen) atoms. The van der Waals surface area contributed by atoms with Crippen molar-refractivity contribution < 1.29 is 14.3 Å². The molecule has 2 aliphatic rings. The lowest BCUT2D eigenvalue weighted by molar-refractivity contribution is -0.132. The standard InChI is InChI=1S/C17H25N3O3/c1-22-13-14-10-20(11-15(14)16-4-2-3-5-18-16)17(21)12-19-6-8-23-9-7-19/h2-5,14-15H,6-13H2,1H3/t14-,15+/m0/s1. The minimum Gasteiger partial charge on any atom is -0.384 e. The number of ether oxygens (including phenoxy) is 2. The average molecular weight is 319 g/mol. The van der Waals surface area contributed by atoms with E-state index in [1.807, 2.05) is 29.3 Å². The quantitative estimate of drug-likeness (QED) is 0.796. The Kier molecular flexibility index (Phi) is 5.59. The predicted molar refractivity (Wildman–Crippen MR) is 86.2 cm³/mol. The van der Waals surface area contributed by atoms with E-state index in [2.05, 4.69) is 9.88 Å². The highest BCUT2D eigenvalue weighted by Gasteiger charge is 2.37. The normalized spacial score (nSPS) is 25.7.